The molecule has 1 aliphatic rings. The zero-order valence-electron chi connectivity index (χ0n) is 8.11. The van der Waals surface area contributed by atoms with Gasteiger partial charge < -0.3 is 4.74 Å². The predicted molar refractivity (Wildman–Crippen MR) is 54.6 cm³/mol. The van der Waals surface area contributed by atoms with Gasteiger partial charge in [0.25, 0.3) is 0 Å². The fraction of sp³-hybridized carbons (Fsp3) is 0.417. The highest BCUT2D eigenvalue weighted by atomic mass is 16.5. The number of hydrogen-bond acceptors (Lipinski definition) is 2. The van der Waals surface area contributed by atoms with Crippen molar-refractivity contribution in [1.82, 2.24) is 0 Å². The summed E-state index contributed by atoms with van der Waals surface area (Å²) in [6.07, 6.45) is 3.21. The summed E-state index contributed by atoms with van der Waals surface area (Å²) < 4.78 is 5.42. The van der Waals surface area contributed by atoms with Gasteiger partial charge in [0.1, 0.15) is 6.29 Å². The Kier molecular flexibility index (Phi) is 2.94. The van der Waals surface area contributed by atoms with Crippen LogP contribution in [0.4, 0.5) is 0 Å². The number of carbonyl (C=O) groups excluding carboxylic acids is 1. The van der Waals surface area contributed by atoms with Crippen LogP contribution in [0, 0.1) is 0 Å². The Morgan fingerprint density at radius 1 is 1.29 bits per heavy atom. The first kappa shape index (κ1) is 9.41. The minimum atomic E-state index is 0.518. The predicted octanol–water partition coefficient (Wildman–Crippen LogP) is 2.39. The maximum absolute atomic E-state index is 10.5. The number of hydrogen-bond donors (Lipinski definition) is 0. The van der Waals surface area contributed by atoms with E-state index in [9.17, 15) is 4.79 Å². The number of carbonyl (C=O) groups is 1. The maximum atomic E-state index is 10.5. The summed E-state index contributed by atoms with van der Waals surface area (Å²) >= 11 is 0. The van der Waals surface area contributed by atoms with Crippen LogP contribution in [0.5, 0.6) is 0 Å². The van der Waals surface area contributed by atoms with Gasteiger partial charge in [-0.3, -0.25) is 4.79 Å². The molecule has 1 aromatic rings. The van der Waals surface area contributed by atoms with Crippen LogP contribution >= 0.6 is 0 Å². The topological polar surface area (TPSA) is 26.3 Å². The molecule has 0 saturated carbocycles. The third-order valence-corrected chi connectivity index (χ3v) is 2.70. The molecule has 1 saturated heterocycles. The maximum Gasteiger partial charge on any atom is 0.150 e. The van der Waals surface area contributed by atoms with Crippen molar-refractivity contribution < 1.29 is 9.53 Å². The van der Waals surface area contributed by atoms with Gasteiger partial charge in [0, 0.05) is 18.1 Å². The summed E-state index contributed by atoms with van der Waals surface area (Å²) in [5.74, 6) is 0.518. The van der Waals surface area contributed by atoms with Crippen LogP contribution < -0.4 is 0 Å². The lowest BCUT2D eigenvalue weighted by molar-refractivity contribution is 0.0804. The molecule has 0 radical (unpaired) electrons. The summed E-state index contributed by atoms with van der Waals surface area (Å²) in [5.41, 5.74) is 2.03. The van der Waals surface area contributed by atoms with Gasteiger partial charge in [-0.15, -0.1) is 0 Å². The standard InChI is InChI=1S/C12H14O2/c13-8-10-3-5-11(6-4-10)12-2-1-7-14-9-12/h3-6,8,12H,1-2,7,9H2/t12-/m0/s1. The van der Waals surface area contributed by atoms with Crippen LogP contribution in [0.2, 0.25) is 0 Å². The van der Waals surface area contributed by atoms with Crippen LogP contribution in [0.25, 0.3) is 0 Å². The lowest BCUT2D eigenvalue weighted by Gasteiger charge is -2.22. The van der Waals surface area contributed by atoms with E-state index in [4.69, 9.17) is 4.74 Å². The molecule has 0 unspecified atom stereocenters. The molecule has 0 aromatic heterocycles. The fourth-order valence-electron chi connectivity index (χ4n) is 1.85. The Morgan fingerprint density at radius 3 is 2.64 bits per heavy atom. The molecule has 2 rings (SSSR count). The van der Waals surface area contributed by atoms with Gasteiger partial charge in [-0.1, -0.05) is 24.3 Å². The van der Waals surface area contributed by atoms with Gasteiger partial charge in [0.05, 0.1) is 6.61 Å². The molecule has 0 bridgehead atoms. The SMILES string of the molecule is O=Cc1ccc([C@H]2CCCOC2)cc1. The number of benzene rings is 1. The summed E-state index contributed by atoms with van der Waals surface area (Å²) in [6, 6.07) is 7.81. The molecule has 0 aliphatic carbocycles. The average molecular weight is 190 g/mol. The molecule has 1 fully saturated rings. The number of aldehydes is 1. The van der Waals surface area contributed by atoms with E-state index in [1.807, 2.05) is 24.3 Å². The molecular formula is C12H14O2. The first-order valence-corrected chi connectivity index (χ1v) is 5.03. The molecule has 2 nitrogen and oxygen atoms in total. The van der Waals surface area contributed by atoms with Crippen molar-refractivity contribution in [2.24, 2.45) is 0 Å². The molecule has 14 heavy (non-hydrogen) atoms. The quantitative estimate of drug-likeness (QED) is 0.669. The van der Waals surface area contributed by atoms with Gasteiger partial charge in [-0.2, -0.15) is 0 Å². The first-order valence-electron chi connectivity index (χ1n) is 5.03. The van der Waals surface area contributed by atoms with Crippen molar-refractivity contribution in [3.8, 4) is 0 Å². The summed E-state index contributed by atoms with van der Waals surface area (Å²) in [4.78, 5) is 10.5. The monoisotopic (exact) mass is 190 g/mol. The van der Waals surface area contributed by atoms with E-state index in [1.54, 1.807) is 0 Å². The van der Waals surface area contributed by atoms with Gasteiger partial charge in [-0.25, -0.2) is 0 Å². The minimum Gasteiger partial charge on any atom is -0.381 e. The van der Waals surface area contributed by atoms with Crippen molar-refractivity contribution in [2.45, 2.75) is 18.8 Å². The Balaban J connectivity index is 2.11. The van der Waals surface area contributed by atoms with E-state index in [1.165, 1.54) is 12.0 Å². The molecule has 0 N–H and O–H groups in total. The Labute approximate surface area is 83.9 Å². The van der Waals surface area contributed by atoms with Gasteiger partial charge in [0.15, 0.2) is 0 Å². The van der Waals surface area contributed by atoms with Crippen LogP contribution in [0.1, 0.15) is 34.7 Å². The third kappa shape index (κ3) is 2.02. The van der Waals surface area contributed by atoms with E-state index in [0.717, 1.165) is 31.5 Å². The molecular weight excluding hydrogens is 176 g/mol. The second-order valence-corrected chi connectivity index (χ2v) is 3.70. The first-order chi connectivity index (χ1) is 6.90. The zero-order valence-corrected chi connectivity index (χ0v) is 8.11. The highest BCUT2D eigenvalue weighted by Crippen LogP contribution is 2.25. The fourth-order valence-corrected chi connectivity index (χ4v) is 1.85. The number of ether oxygens (including phenoxy) is 1. The van der Waals surface area contributed by atoms with Crippen molar-refractivity contribution in [2.75, 3.05) is 13.2 Å². The van der Waals surface area contributed by atoms with Crippen LogP contribution in [-0.2, 0) is 4.74 Å². The van der Waals surface area contributed by atoms with Gasteiger partial charge >= 0.3 is 0 Å². The molecule has 1 aliphatic heterocycles. The molecule has 1 heterocycles. The number of rotatable bonds is 2. The van der Waals surface area contributed by atoms with Crippen LogP contribution in [-0.4, -0.2) is 19.5 Å². The highest BCUT2D eigenvalue weighted by Gasteiger charge is 2.15. The normalized spacial score (nSPS) is 21.9. The van der Waals surface area contributed by atoms with Crippen LogP contribution in [0.15, 0.2) is 24.3 Å². The molecule has 2 heteroatoms. The zero-order chi connectivity index (χ0) is 9.80. The third-order valence-electron chi connectivity index (χ3n) is 2.70. The van der Waals surface area contributed by atoms with Gasteiger partial charge in [0.2, 0.25) is 0 Å². The Bertz CT molecular complexity index is 297. The highest BCUT2D eigenvalue weighted by molar-refractivity contribution is 5.74. The van der Waals surface area contributed by atoms with E-state index < -0.39 is 0 Å². The Morgan fingerprint density at radius 2 is 2.07 bits per heavy atom. The van der Waals surface area contributed by atoms with Crippen molar-refractivity contribution in [1.29, 1.82) is 0 Å². The summed E-state index contributed by atoms with van der Waals surface area (Å²) in [5, 5.41) is 0. The minimum absolute atomic E-state index is 0.518. The second kappa shape index (κ2) is 4.38. The molecule has 0 amide bonds. The van der Waals surface area contributed by atoms with E-state index in [2.05, 4.69) is 0 Å². The molecule has 0 spiro atoms. The van der Waals surface area contributed by atoms with E-state index >= 15 is 0 Å². The van der Waals surface area contributed by atoms with Crippen LogP contribution in [0.3, 0.4) is 0 Å². The average Bonchev–Trinajstić information content (AvgIpc) is 2.30. The molecule has 1 atom stereocenters. The lowest BCUT2D eigenvalue weighted by atomic mass is 9.93. The molecule has 1 aromatic carbocycles. The summed E-state index contributed by atoms with van der Waals surface area (Å²) in [6.45, 7) is 1.71. The summed E-state index contributed by atoms with van der Waals surface area (Å²) in [7, 11) is 0. The second-order valence-electron chi connectivity index (χ2n) is 3.70. The van der Waals surface area contributed by atoms with E-state index in [0.29, 0.717) is 5.92 Å². The lowest BCUT2D eigenvalue weighted by Crippen LogP contribution is -2.15. The largest absolute Gasteiger partial charge is 0.381 e. The van der Waals surface area contributed by atoms with Crippen molar-refractivity contribution >= 4 is 6.29 Å². The van der Waals surface area contributed by atoms with Gasteiger partial charge in [-0.05, 0) is 18.4 Å². The van der Waals surface area contributed by atoms with Crippen molar-refractivity contribution in [3.05, 3.63) is 35.4 Å². The van der Waals surface area contributed by atoms with E-state index in [-0.39, 0.29) is 0 Å². The smallest absolute Gasteiger partial charge is 0.150 e. The Hall–Kier alpha value is -1.15. The molecule has 74 valence electrons. The van der Waals surface area contributed by atoms with Crippen molar-refractivity contribution in [3.63, 3.8) is 0 Å².